The molecule has 1 heterocycles. The van der Waals surface area contributed by atoms with Gasteiger partial charge in [-0.3, -0.25) is 0 Å². The number of aromatic nitrogens is 2. The van der Waals surface area contributed by atoms with Crippen LogP contribution in [-0.4, -0.2) is 51.0 Å². The molecule has 0 N–H and O–H groups in total. The second-order valence-electron chi connectivity index (χ2n) is 6.17. The molecule has 2 aromatic carbocycles. The van der Waals surface area contributed by atoms with Crippen LogP contribution in [0.25, 0.3) is 5.69 Å². The van der Waals surface area contributed by atoms with Crippen molar-refractivity contribution in [3.63, 3.8) is 0 Å². The van der Waals surface area contributed by atoms with Gasteiger partial charge < -0.3 is 14.2 Å². The molecule has 3 aromatic rings. The lowest BCUT2D eigenvalue weighted by Crippen LogP contribution is -2.17. The van der Waals surface area contributed by atoms with Crippen LogP contribution in [0.5, 0.6) is 5.75 Å². The smallest absolute Gasteiger partial charge is 0.359 e. The lowest BCUT2D eigenvalue weighted by Gasteiger charge is -2.11. The first-order valence-electron chi connectivity index (χ1n) is 9.18. The lowest BCUT2D eigenvalue weighted by molar-refractivity contribution is 0.0499. The quantitative estimate of drug-likeness (QED) is 0.511. The summed E-state index contributed by atoms with van der Waals surface area (Å²) in [5.41, 5.74) is -0.671. The van der Waals surface area contributed by atoms with Gasteiger partial charge in [0.05, 0.1) is 31.4 Å². The van der Waals surface area contributed by atoms with Crippen LogP contribution >= 0.6 is 0 Å². The third kappa shape index (κ3) is 4.15. The molecule has 0 aliphatic heterocycles. The van der Waals surface area contributed by atoms with Crippen LogP contribution in [0.1, 0.15) is 27.8 Å². The van der Waals surface area contributed by atoms with Crippen molar-refractivity contribution < 1.29 is 32.2 Å². The summed E-state index contributed by atoms with van der Waals surface area (Å²) < 4.78 is 43.0. The van der Waals surface area contributed by atoms with E-state index in [9.17, 15) is 18.0 Å². The van der Waals surface area contributed by atoms with Crippen molar-refractivity contribution in [2.24, 2.45) is 0 Å². The minimum Gasteiger partial charge on any atom is -0.497 e. The summed E-state index contributed by atoms with van der Waals surface area (Å²) in [6, 6.07) is 13.8. The molecule has 0 aliphatic carbocycles. The molecule has 10 heteroatoms. The van der Waals surface area contributed by atoms with Crippen LogP contribution in [0, 0.1) is 0 Å². The monoisotopic (exact) mass is 444 g/mol. The number of carbonyl (C=O) groups is 2. The Hall–Kier alpha value is -3.66. The molecule has 0 spiro atoms. The maximum absolute atomic E-state index is 13.6. The van der Waals surface area contributed by atoms with Crippen LogP contribution in [-0.2, 0) is 19.3 Å². The van der Waals surface area contributed by atoms with E-state index >= 15 is 0 Å². The van der Waals surface area contributed by atoms with Gasteiger partial charge >= 0.3 is 11.9 Å². The van der Waals surface area contributed by atoms with E-state index in [4.69, 9.17) is 14.2 Å². The number of rotatable bonds is 7. The van der Waals surface area contributed by atoms with Crippen LogP contribution in [0.2, 0.25) is 0 Å². The molecule has 0 radical (unpaired) electrons. The molecule has 0 bridgehead atoms. The Bertz CT molecular complexity index is 1200. The molecule has 0 atom stereocenters. The van der Waals surface area contributed by atoms with Gasteiger partial charge in [-0.1, -0.05) is 18.2 Å². The van der Waals surface area contributed by atoms with Crippen molar-refractivity contribution in [2.75, 3.05) is 20.8 Å². The van der Waals surface area contributed by atoms with Crippen LogP contribution in [0.3, 0.4) is 0 Å². The molecule has 0 amide bonds. The van der Waals surface area contributed by atoms with Gasteiger partial charge in [-0.15, -0.1) is 0 Å². The highest BCUT2D eigenvalue weighted by molar-refractivity contribution is 7.91. The van der Waals surface area contributed by atoms with Gasteiger partial charge in [0.25, 0.3) is 0 Å². The summed E-state index contributed by atoms with van der Waals surface area (Å²) in [5.74, 6) is -1.45. The number of esters is 2. The number of nitrogens with zero attached hydrogens (tertiary/aromatic N) is 2. The first-order chi connectivity index (χ1) is 14.8. The Kier molecular flexibility index (Phi) is 6.40. The van der Waals surface area contributed by atoms with Crippen molar-refractivity contribution in [2.45, 2.75) is 16.8 Å². The fraction of sp³-hybridized carbons (Fsp3) is 0.190. The number of benzene rings is 2. The second-order valence-corrected chi connectivity index (χ2v) is 8.03. The van der Waals surface area contributed by atoms with Crippen molar-refractivity contribution >= 4 is 21.8 Å². The van der Waals surface area contributed by atoms with Gasteiger partial charge in [-0.2, -0.15) is 5.10 Å². The zero-order valence-electron chi connectivity index (χ0n) is 17.1. The molecule has 0 fully saturated rings. The number of methoxy groups -OCH3 is 2. The predicted molar refractivity (Wildman–Crippen MR) is 109 cm³/mol. The zero-order chi connectivity index (χ0) is 22.6. The Balaban J connectivity index is 2.39. The molecule has 162 valence electrons. The summed E-state index contributed by atoms with van der Waals surface area (Å²) in [5, 5.41) is 3.63. The molecular formula is C21H20N2O7S. The van der Waals surface area contributed by atoms with E-state index in [0.29, 0.717) is 5.75 Å². The summed E-state index contributed by atoms with van der Waals surface area (Å²) in [6.07, 6.45) is 0. The Morgan fingerprint density at radius 3 is 2.16 bits per heavy atom. The normalized spacial score (nSPS) is 11.1. The van der Waals surface area contributed by atoms with Crippen molar-refractivity contribution in [1.29, 1.82) is 0 Å². The second kappa shape index (κ2) is 9.00. The van der Waals surface area contributed by atoms with E-state index in [-0.39, 0.29) is 17.2 Å². The summed E-state index contributed by atoms with van der Waals surface area (Å²) in [7, 11) is -1.69. The Labute approximate surface area is 179 Å². The van der Waals surface area contributed by atoms with Crippen molar-refractivity contribution in [3.8, 4) is 11.4 Å². The molecule has 9 nitrogen and oxygen atoms in total. The highest BCUT2D eigenvalue weighted by Crippen LogP contribution is 2.30. The topological polar surface area (TPSA) is 114 Å². The third-order valence-electron chi connectivity index (χ3n) is 4.33. The van der Waals surface area contributed by atoms with Crippen molar-refractivity contribution in [3.05, 3.63) is 65.9 Å². The predicted octanol–water partition coefficient (Wildman–Crippen LogP) is 2.68. The lowest BCUT2D eigenvalue weighted by atomic mass is 10.2. The first-order valence-corrected chi connectivity index (χ1v) is 10.7. The molecule has 0 saturated carbocycles. The molecule has 3 rings (SSSR count). The van der Waals surface area contributed by atoms with Gasteiger partial charge in [-0.25, -0.2) is 22.7 Å². The number of ether oxygens (including phenoxy) is 3. The highest BCUT2D eigenvalue weighted by atomic mass is 32.2. The Morgan fingerprint density at radius 1 is 0.968 bits per heavy atom. The maximum atomic E-state index is 13.6. The standard InChI is InChI=1S/C21H20N2O7S/c1-4-30-20(24)17-18(21(25)29-3)22-23(14-10-12-15(28-2)13-11-14)19(17)31(26,27)16-8-6-5-7-9-16/h5-13H,4H2,1-3H3. The Morgan fingerprint density at radius 2 is 1.61 bits per heavy atom. The van der Waals surface area contributed by atoms with E-state index in [1.165, 1.54) is 19.2 Å². The molecule has 1 aromatic heterocycles. The fourth-order valence-electron chi connectivity index (χ4n) is 2.89. The van der Waals surface area contributed by atoms with Gasteiger partial charge in [0, 0.05) is 0 Å². The van der Waals surface area contributed by atoms with Gasteiger partial charge in [-0.05, 0) is 43.3 Å². The van der Waals surface area contributed by atoms with E-state index < -0.39 is 38.1 Å². The average molecular weight is 444 g/mol. The molecular weight excluding hydrogens is 424 g/mol. The highest BCUT2D eigenvalue weighted by Gasteiger charge is 2.37. The largest absolute Gasteiger partial charge is 0.497 e. The van der Waals surface area contributed by atoms with Gasteiger partial charge in [0.1, 0.15) is 11.3 Å². The minimum atomic E-state index is -4.29. The van der Waals surface area contributed by atoms with Crippen molar-refractivity contribution in [1.82, 2.24) is 9.78 Å². The SMILES string of the molecule is CCOC(=O)c1c(C(=O)OC)nn(-c2ccc(OC)cc2)c1S(=O)(=O)c1ccccc1. The molecule has 0 aliphatic rings. The number of sulfone groups is 1. The number of carbonyl (C=O) groups excluding carboxylic acids is 2. The summed E-state index contributed by atoms with van der Waals surface area (Å²) in [6.45, 7) is 1.53. The number of hydrogen-bond donors (Lipinski definition) is 0. The van der Waals surface area contributed by atoms with Gasteiger partial charge in [0.2, 0.25) is 9.84 Å². The molecule has 31 heavy (non-hydrogen) atoms. The zero-order valence-corrected chi connectivity index (χ0v) is 17.9. The van der Waals surface area contributed by atoms with E-state index in [1.54, 1.807) is 49.4 Å². The fourth-order valence-corrected chi connectivity index (χ4v) is 4.45. The molecule has 0 unspecified atom stereocenters. The minimum absolute atomic E-state index is 0.0298. The average Bonchev–Trinajstić information content (AvgIpc) is 3.21. The maximum Gasteiger partial charge on any atom is 0.359 e. The van der Waals surface area contributed by atoms with Crippen LogP contribution in [0.15, 0.2) is 64.5 Å². The van der Waals surface area contributed by atoms with E-state index in [1.807, 2.05) is 0 Å². The summed E-state index contributed by atoms with van der Waals surface area (Å²) in [4.78, 5) is 25.1. The third-order valence-corrected chi connectivity index (χ3v) is 6.11. The van der Waals surface area contributed by atoms with E-state index in [2.05, 4.69) is 5.10 Å². The molecule has 0 saturated heterocycles. The van der Waals surface area contributed by atoms with Crippen LogP contribution < -0.4 is 4.74 Å². The number of hydrogen-bond acceptors (Lipinski definition) is 8. The van der Waals surface area contributed by atoms with Gasteiger partial charge in [0.15, 0.2) is 10.7 Å². The summed E-state index contributed by atoms with van der Waals surface area (Å²) >= 11 is 0. The van der Waals surface area contributed by atoms with Crippen LogP contribution in [0.4, 0.5) is 0 Å². The first kappa shape index (κ1) is 22.0. The van der Waals surface area contributed by atoms with E-state index in [0.717, 1.165) is 11.8 Å².